The largest absolute Gasteiger partial charge is 0.464 e. The van der Waals surface area contributed by atoms with E-state index in [-0.39, 0.29) is 12.3 Å². The first kappa shape index (κ1) is 14.7. The molecule has 6 heteroatoms. The molecule has 0 aliphatic rings. The molecule has 1 aromatic carbocycles. The van der Waals surface area contributed by atoms with Crippen LogP contribution in [0.2, 0.25) is 0 Å². The van der Waals surface area contributed by atoms with Gasteiger partial charge in [0.2, 0.25) is 11.0 Å². The number of nitrogens with zero attached hydrogens (tertiary/aromatic N) is 2. The minimum atomic E-state index is -0.110. The van der Waals surface area contributed by atoms with E-state index in [0.29, 0.717) is 5.13 Å². The molecule has 22 heavy (non-hydrogen) atoms. The zero-order valence-electron chi connectivity index (χ0n) is 12.5. The predicted octanol–water partition coefficient (Wildman–Crippen LogP) is 3.59. The summed E-state index contributed by atoms with van der Waals surface area (Å²) in [5.74, 6) is -0.110. The Hall–Kier alpha value is -2.21. The van der Waals surface area contributed by atoms with Crippen LogP contribution in [0.1, 0.15) is 30.0 Å². The molecule has 2 heterocycles. The van der Waals surface area contributed by atoms with Gasteiger partial charge in [0.1, 0.15) is 10.6 Å². The molecule has 5 nitrogen and oxygen atoms in total. The van der Waals surface area contributed by atoms with Crippen molar-refractivity contribution in [3.05, 3.63) is 40.6 Å². The number of nitrogens with one attached hydrogen (secondary N) is 1. The average Bonchev–Trinajstić information content (AvgIpc) is 3.14. The van der Waals surface area contributed by atoms with Crippen molar-refractivity contribution in [3.63, 3.8) is 0 Å². The van der Waals surface area contributed by atoms with Crippen molar-refractivity contribution in [2.24, 2.45) is 0 Å². The van der Waals surface area contributed by atoms with E-state index in [0.717, 1.165) is 34.4 Å². The fraction of sp³-hybridized carbons (Fsp3) is 0.312. The van der Waals surface area contributed by atoms with Crippen LogP contribution in [0.3, 0.4) is 0 Å². The molecule has 0 bridgehead atoms. The van der Waals surface area contributed by atoms with Gasteiger partial charge in [-0.2, -0.15) is 0 Å². The lowest BCUT2D eigenvalue weighted by Gasteiger charge is -2.00. The molecule has 3 aromatic rings. The van der Waals surface area contributed by atoms with Crippen LogP contribution < -0.4 is 5.32 Å². The number of amides is 1. The second-order valence-electron chi connectivity index (χ2n) is 5.02. The summed E-state index contributed by atoms with van der Waals surface area (Å²) in [5.41, 5.74) is 2.93. The molecule has 114 valence electrons. The highest BCUT2D eigenvalue weighted by molar-refractivity contribution is 7.15. The van der Waals surface area contributed by atoms with E-state index in [4.69, 9.17) is 4.42 Å². The third kappa shape index (κ3) is 3.01. The van der Waals surface area contributed by atoms with Crippen molar-refractivity contribution >= 4 is 33.3 Å². The highest BCUT2D eigenvalue weighted by Gasteiger charge is 2.12. The number of hydrogen-bond acceptors (Lipinski definition) is 5. The summed E-state index contributed by atoms with van der Waals surface area (Å²) in [6.07, 6.45) is 3.70. The Balaban J connectivity index is 1.73. The number of hydrogen-bond donors (Lipinski definition) is 1. The molecule has 1 N–H and O–H groups in total. The lowest BCUT2D eigenvalue weighted by atomic mass is 10.1. The first-order valence-electron chi connectivity index (χ1n) is 7.30. The SMILES string of the molecule is CCc1ccc2c(CC(=O)Nc3nnc(CC)s3)coc2c1. The van der Waals surface area contributed by atoms with Gasteiger partial charge in [-0.15, -0.1) is 10.2 Å². The van der Waals surface area contributed by atoms with Gasteiger partial charge in [-0.3, -0.25) is 4.79 Å². The topological polar surface area (TPSA) is 68.0 Å². The molecular formula is C16H17N3O2S. The summed E-state index contributed by atoms with van der Waals surface area (Å²) < 4.78 is 5.56. The molecule has 2 aromatic heterocycles. The number of carbonyl (C=O) groups is 1. The van der Waals surface area contributed by atoms with Crippen molar-refractivity contribution in [2.75, 3.05) is 5.32 Å². The normalized spacial score (nSPS) is 11.0. The van der Waals surface area contributed by atoms with Crippen LogP contribution in [0.5, 0.6) is 0 Å². The molecule has 0 saturated carbocycles. The number of aryl methyl sites for hydroxylation is 2. The molecule has 1 amide bonds. The minimum absolute atomic E-state index is 0.110. The fourth-order valence-corrected chi connectivity index (χ4v) is 2.96. The Kier molecular flexibility index (Phi) is 4.20. The van der Waals surface area contributed by atoms with E-state index in [2.05, 4.69) is 28.5 Å². The van der Waals surface area contributed by atoms with Crippen molar-refractivity contribution in [1.82, 2.24) is 10.2 Å². The number of aromatic nitrogens is 2. The standard InChI is InChI=1S/C16H17N3O2S/c1-3-10-5-6-12-11(9-21-13(12)7-10)8-14(20)17-16-19-18-15(4-2)22-16/h5-7,9H,3-4,8H2,1-2H3,(H,17,19,20). The van der Waals surface area contributed by atoms with Crippen molar-refractivity contribution < 1.29 is 9.21 Å². The summed E-state index contributed by atoms with van der Waals surface area (Å²) >= 11 is 1.40. The van der Waals surface area contributed by atoms with Gasteiger partial charge in [-0.25, -0.2) is 0 Å². The molecule has 3 rings (SSSR count). The van der Waals surface area contributed by atoms with Gasteiger partial charge in [-0.05, 0) is 24.5 Å². The number of anilines is 1. The second kappa shape index (κ2) is 6.27. The molecule has 0 spiro atoms. The van der Waals surface area contributed by atoms with Crippen LogP contribution in [0, 0.1) is 0 Å². The summed E-state index contributed by atoms with van der Waals surface area (Å²) in [5, 5.41) is 13.2. The molecule has 0 saturated heterocycles. The first-order valence-corrected chi connectivity index (χ1v) is 8.12. The maximum absolute atomic E-state index is 12.1. The number of furan rings is 1. The Morgan fingerprint density at radius 1 is 1.27 bits per heavy atom. The van der Waals surface area contributed by atoms with Crippen LogP contribution in [0.4, 0.5) is 5.13 Å². The lowest BCUT2D eigenvalue weighted by Crippen LogP contribution is -2.13. The fourth-order valence-electron chi connectivity index (χ4n) is 2.27. The van der Waals surface area contributed by atoms with Gasteiger partial charge in [0, 0.05) is 10.9 Å². The van der Waals surface area contributed by atoms with Gasteiger partial charge in [0.15, 0.2) is 0 Å². The summed E-state index contributed by atoms with van der Waals surface area (Å²) in [7, 11) is 0. The van der Waals surface area contributed by atoms with E-state index < -0.39 is 0 Å². The highest BCUT2D eigenvalue weighted by atomic mass is 32.1. The third-order valence-electron chi connectivity index (χ3n) is 3.50. The van der Waals surface area contributed by atoms with Crippen molar-refractivity contribution in [1.29, 1.82) is 0 Å². The zero-order chi connectivity index (χ0) is 15.5. The Morgan fingerprint density at radius 3 is 2.86 bits per heavy atom. The van der Waals surface area contributed by atoms with Gasteiger partial charge in [0.25, 0.3) is 0 Å². The Bertz CT molecular complexity index is 807. The van der Waals surface area contributed by atoms with E-state index >= 15 is 0 Å². The highest BCUT2D eigenvalue weighted by Crippen LogP contribution is 2.24. The molecule has 0 atom stereocenters. The van der Waals surface area contributed by atoms with Gasteiger partial charge >= 0.3 is 0 Å². The van der Waals surface area contributed by atoms with Crippen molar-refractivity contribution in [2.45, 2.75) is 33.1 Å². The third-order valence-corrected chi connectivity index (χ3v) is 4.48. The molecule has 0 aliphatic carbocycles. The first-order chi connectivity index (χ1) is 10.7. The van der Waals surface area contributed by atoms with Crippen LogP contribution in [-0.4, -0.2) is 16.1 Å². The lowest BCUT2D eigenvalue weighted by molar-refractivity contribution is -0.115. The van der Waals surface area contributed by atoms with Crippen LogP contribution >= 0.6 is 11.3 Å². The summed E-state index contributed by atoms with van der Waals surface area (Å²) in [4.78, 5) is 12.1. The monoisotopic (exact) mass is 315 g/mol. The van der Waals surface area contributed by atoms with Gasteiger partial charge < -0.3 is 9.73 Å². The van der Waals surface area contributed by atoms with Crippen LogP contribution in [0.15, 0.2) is 28.9 Å². The number of carbonyl (C=O) groups excluding carboxylic acids is 1. The average molecular weight is 315 g/mol. The van der Waals surface area contributed by atoms with Gasteiger partial charge in [-0.1, -0.05) is 37.3 Å². The number of rotatable bonds is 5. The van der Waals surface area contributed by atoms with Crippen LogP contribution in [0.25, 0.3) is 11.0 Å². The summed E-state index contributed by atoms with van der Waals surface area (Å²) in [6, 6.07) is 6.10. The minimum Gasteiger partial charge on any atom is -0.464 e. The van der Waals surface area contributed by atoms with E-state index in [1.165, 1.54) is 16.9 Å². The van der Waals surface area contributed by atoms with Crippen LogP contribution in [-0.2, 0) is 24.1 Å². The summed E-state index contributed by atoms with van der Waals surface area (Å²) in [6.45, 7) is 4.11. The predicted molar refractivity (Wildman–Crippen MR) is 87.2 cm³/mol. The zero-order valence-corrected chi connectivity index (χ0v) is 13.4. The number of fused-ring (bicyclic) bond motifs is 1. The Labute approximate surface area is 132 Å². The van der Waals surface area contributed by atoms with E-state index in [1.54, 1.807) is 6.26 Å². The quantitative estimate of drug-likeness (QED) is 0.781. The second-order valence-corrected chi connectivity index (χ2v) is 6.09. The Morgan fingerprint density at radius 2 is 2.14 bits per heavy atom. The van der Waals surface area contributed by atoms with Gasteiger partial charge in [0.05, 0.1) is 12.7 Å². The smallest absolute Gasteiger partial charge is 0.230 e. The van der Waals surface area contributed by atoms with E-state index in [1.807, 2.05) is 19.1 Å². The maximum Gasteiger partial charge on any atom is 0.230 e. The molecule has 0 radical (unpaired) electrons. The van der Waals surface area contributed by atoms with E-state index in [9.17, 15) is 4.79 Å². The molecule has 0 fully saturated rings. The molecular weight excluding hydrogens is 298 g/mol. The maximum atomic E-state index is 12.1. The number of benzene rings is 1. The molecule has 0 aliphatic heterocycles. The van der Waals surface area contributed by atoms with Crippen molar-refractivity contribution in [3.8, 4) is 0 Å². The molecule has 0 unspecified atom stereocenters.